The molecule has 6 heteroatoms. The van der Waals surface area contributed by atoms with Crippen LogP contribution < -0.4 is 5.32 Å². The molecule has 2 aliphatic heterocycles. The van der Waals surface area contributed by atoms with Gasteiger partial charge in [0.2, 0.25) is 11.8 Å². The number of nitrogens with zero attached hydrogens (tertiary/aromatic N) is 2. The summed E-state index contributed by atoms with van der Waals surface area (Å²) in [4.78, 5) is 29.9. The molecule has 6 nitrogen and oxygen atoms in total. The third kappa shape index (κ3) is 4.70. The Kier molecular flexibility index (Phi) is 6.30. The number of amides is 2. The van der Waals surface area contributed by atoms with Crippen LogP contribution in [0.5, 0.6) is 0 Å². The van der Waals surface area contributed by atoms with E-state index in [9.17, 15) is 9.59 Å². The molecule has 154 valence electrons. The molecule has 0 aliphatic carbocycles. The molecule has 2 atom stereocenters. The largest absolute Gasteiger partial charge is 0.468 e. The van der Waals surface area contributed by atoms with Crippen LogP contribution in [-0.2, 0) is 16.0 Å². The maximum absolute atomic E-state index is 12.9. The average Bonchev–Trinajstić information content (AvgIpc) is 3.50. The van der Waals surface area contributed by atoms with Crippen LogP contribution in [0.15, 0.2) is 53.1 Å². The van der Waals surface area contributed by atoms with Gasteiger partial charge in [-0.1, -0.05) is 30.3 Å². The van der Waals surface area contributed by atoms with E-state index in [4.69, 9.17) is 4.42 Å². The fraction of sp³-hybridized carbons (Fsp3) is 0.478. The number of carbonyl (C=O) groups is 2. The second kappa shape index (κ2) is 9.27. The Bertz CT molecular complexity index is 800. The lowest BCUT2D eigenvalue weighted by Gasteiger charge is -2.28. The molecule has 2 aromatic rings. The van der Waals surface area contributed by atoms with Crippen LogP contribution in [0, 0.1) is 0 Å². The number of hydrogen-bond donors (Lipinski definition) is 1. The van der Waals surface area contributed by atoms with Gasteiger partial charge in [0.05, 0.1) is 18.7 Å². The Morgan fingerprint density at radius 2 is 1.83 bits per heavy atom. The van der Waals surface area contributed by atoms with Gasteiger partial charge in [0, 0.05) is 13.1 Å². The van der Waals surface area contributed by atoms with E-state index in [2.05, 4.69) is 10.2 Å². The zero-order valence-electron chi connectivity index (χ0n) is 16.8. The molecular formula is C23H29N3O3. The van der Waals surface area contributed by atoms with Crippen LogP contribution in [0.2, 0.25) is 0 Å². The Morgan fingerprint density at radius 1 is 1.03 bits per heavy atom. The minimum absolute atomic E-state index is 0.0241. The smallest absolute Gasteiger partial charge is 0.242 e. The number of furan rings is 1. The number of rotatable bonds is 7. The minimum Gasteiger partial charge on any atom is -0.468 e. The minimum atomic E-state index is -0.373. The van der Waals surface area contributed by atoms with Crippen LogP contribution in [0.1, 0.15) is 43.0 Å². The molecular weight excluding hydrogens is 366 g/mol. The van der Waals surface area contributed by atoms with Crippen LogP contribution in [0.3, 0.4) is 0 Å². The van der Waals surface area contributed by atoms with Crippen LogP contribution in [0.25, 0.3) is 0 Å². The quantitative estimate of drug-likeness (QED) is 0.783. The molecule has 1 aromatic heterocycles. The van der Waals surface area contributed by atoms with Crippen molar-refractivity contribution in [1.29, 1.82) is 0 Å². The number of hydrogen-bond acceptors (Lipinski definition) is 4. The van der Waals surface area contributed by atoms with Crippen molar-refractivity contribution >= 4 is 11.8 Å². The fourth-order valence-electron chi connectivity index (χ4n) is 4.47. The third-order valence-corrected chi connectivity index (χ3v) is 6.00. The van der Waals surface area contributed by atoms with Crippen molar-refractivity contribution in [2.45, 2.75) is 44.2 Å². The summed E-state index contributed by atoms with van der Waals surface area (Å²) in [5.41, 5.74) is 0.982. The molecule has 0 saturated carbocycles. The van der Waals surface area contributed by atoms with Crippen molar-refractivity contribution in [2.75, 3.05) is 26.2 Å². The first kappa shape index (κ1) is 19.7. The average molecular weight is 396 g/mol. The topological polar surface area (TPSA) is 65.8 Å². The molecule has 3 heterocycles. The Balaban J connectivity index is 1.37. The summed E-state index contributed by atoms with van der Waals surface area (Å²) in [5.74, 6) is 0.853. The van der Waals surface area contributed by atoms with E-state index in [1.807, 2.05) is 42.5 Å². The van der Waals surface area contributed by atoms with Crippen molar-refractivity contribution in [3.63, 3.8) is 0 Å². The molecule has 1 N–H and O–H groups in total. The predicted molar refractivity (Wildman–Crippen MR) is 110 cm³/mol. The van der Waals surface area contributed by atoms with E-state index in [1.54, 1.807) is 11.2 Å². The molecule has 0 radical (unpaired) electrons. The van der Waals surface area contributed by atoms with E-state index in [-0.39, 0.29) is 23.9 Å². The molecule has 2 fully saturated rings. The van der Waals surface area contributed by atoms with Crippen molar-refractivity contribution in [3.05, 3.63) is 60.1 Å². The first-order valence-corrected chi connectivity index (χ1v) is 10.6. The zero-order chi connectivity index (χ0) is 20.1. The second-order valence-corrected chi connectivity index (χ2v) is 7.93. The first-order valence-electron chi connectivity index (χ1n) is 10.6. The number of benzene rings is 1. The maximum atomic E-state index is 12.9. The molecule has 2 saturated heterocycles. The van der Waals surface area contributed by atoms with Crippen LogP contribution in [-0.4, -0.2) is 53.8 Å². The molecule has 0 spiro atoms. The normalized spacial score (nSPS) is 20.7. The molecule has 2 unspecified atom stereocenters. The van der Waals surface area contributed by atoms with Gasteiger partial charge < -0.3 is 14.6 Å². The van der Waals surface area contributed by atoms with Gasteiger partial charge in [0.1, 0.15) is 11.8 Å². The first-order chi connectivity index (χ1) is 14.2. The molecule has 2 amide bonds. The summed E-state index contributed by atoms with van der Waals surface area (Å²) in [6.45, 7) is 3.19. The Morgan fingerprint density at radius 3 is 2.55 bits per heavy atom. The summed E-state index contributed by atoms with van der Waals surface area (Å²) < 4.78 is 5.63. The number of likely N-dealkylation sites (tertiary alicyclic amines) is 2. The van der Waals surface area contributed by atoms with E-state index in [0.717, 1.165) is 37.3 Å². The van der Waals surface area contributed by atoms with Crippen LogP contribution in [0.4, 0.5) is 0 Å². The number of nitrogens with one attached hydrogen (secondary N) is 1. The van der Waals surface area contributed by atoms with Gasteiger partial charge in [-0.05, 0) is 56.5 Å². The summed E-state index contributed by atoms with van der Waals surface area (Å²) in [6.07, 6.45) is 5.97. The zero-order valence-corrected chi connectivity index (χ0v) is 16.8. The molecule has 1 aromatic carbocycles. The Labute approximate surface area is 171 Å². The highest BCUT2D eigenvalue weighted by atomic mass is 16.3. The highest BCUT2D eigenvalue weighted by molar-refractivity contribution is 5.89. The number of carbonyl (C=O) groups excluding carboxylic acids is 2. The lowest BCUT2D eigenvalue weighted by Crippen LogP contribution is -2.48. The van der Waals surface area contributed by atoms with Gasteiger partial charge in [0.15, 0.2) is 0 Å². The van der Waals surface area contributed by atoms with E-state index < -0.39 is 0 Å². The van der Waals surface area contributed by atoms with Gasteiger partial charge in [0.25, 0.3) is 0 Å². The molecule has 2 aliphatic rings. The van der Waals surface area contributed by atoms with Gasteiger partial charge >= 0.3 is 0 Å². The summed E-state index contributed by atoms with van der Waals surface area (Å²) in [7, 11) is 0. The van der Waals surface area contributed by atoms with E-state index >= 15 is 0 Å². The van der Waals surface area contributed by atoms with E-state index in [0.29, 0.717) is 19.5 Å². The van der Waals surface area contributed by atoms with Crippen molar-refractivity contribution in [2.24, 2.45) is 0 Å². The fourth-order valence-corrected chi connectivity index (χ4v) is 4.47. The van der Waals surface area contributed by atoms with Gasteiger partial charge in [-0.25, -0.2) is 0 Å². The van der Waals surface area contributed by atoms with Crippen molar-refractivity contribution < 1.29 is 14.0 Å². The standard InChI is InChI=1S/C23H29N3O3/c27-22(16-18-8-2-1-3-9-18)26-14-6-10-19(26)23(28)24-17-20(21-11-7-15-29-21)25-12-4-5-13-25/h1-3,7-9,11,15,19-20H,4-6,10,12-14,16-17H2,(H,24,28). The Hall–Kier alpha value is -2.60. The lowest BCUT2D eigenvalue weighted by atomic mass is 10.1. The summed E-state index contributed by atoms with van der Waals surface area (Å²) in [5, 5.41) is 3.10. The molecule has 29 heavy (non-hydrogen) atoms. The summed E-state index contributed by atoms with van der Waals surface area (Å²) >= 11 is 0. The van der Waals surface area contributed by atoms with Gasteiger partial charge in [-0.3, -0.25) is 14.5 Å². The monoisotopic (exact) mass is 395 g/mol. The third-order valence-electron chi connectivity index (χ3n) is 6.00. The van der Waals surface area contributed by atoms with Crippen molar-refractivity contribution in [1.82, 2.24) is 15.1 Å². The van der Waals surface area contributed by atoms with Crippen LogP contribution >= 0.6 is 0 Å². The second-order valence-electron chi connectivity index (χ2n) is 7.93. The lowest BCUT2D eigenvalue weighted by molar-refractivity contribution is -0.138. The maximum Gasteiger partial charge on any atom is 0.242 e. The van der Waals surface area contributed by atoms with Gasteiger partial charge in [-0.2, -0.15) is 0 Å². The SMILES string of the molecule is O=C(NCC(c1ccco1)N1CCCC1)C1CCCN1C(=O)Cc1ccccc1. The predicted octanol–water partition coefficient (Wildman–Crippen LogP) is 2.77. The van der Waals surface area contributed by atoms with Crippen molar-refractivity contribution in [3.8, 4) is 0 Å². The molecule has 4 rings (SSSR count). The van der Waals surface area contributed by atoms with Gasteiger partial charge in [-0.15, -0.1) is 0 Å². The summed E-state index contributed by atoms with van der Waals surface area (Å²) in [6, 6.07) is 13.2. The highest BCUT2D eigenvalue weighted by Gasteiger charge is 2.35. The van der Waals surface area contributed by atoms with E-state index in [1.165, 1.54) is 12.8 Å². The molecule has 0 bridgehead atoms. The highest BCUT2D eigenvalue weighted by Crippen LogP contribution is 2.25.